The molecule has 0 amide bonds. The molecule has 0 radical (unpaired) electrons. The number of hydrogen-bond donors (Lipinski definition) is 2. The van der Waals surface area contributed by atoms with Crippen LogP contribution in [0.25, 0.3) is 0 Å². The minimum absolute atomic E-state index is 0.117. The fourth-order valence-electron chi connectivity index (χ4n) is 1.46. The highest BCUT2D eigenvalue weighted by atomic mass is 16.5. The van der Waals surface area contributed by atoms with Gasteiger partial charge in [-0.2, -0.15) is 0 Å². The van der Waals surface area contributed by atoms with Crippen molar-refractivity contribution < 1.29 is 24.5 Å². The van der Waals surface area contributed by atoms with Gasteiger partial charge in [0.15, 0.2) is 0 Å². The van der Waals surface area contributed by atoms with E-state index in [1.165, 1.54) is 6.07 Å². The highest BCUT2D eigenvalue weighted by Gasteiger charge is 2.09. The summed E-state index contributed by atoms with van der Waals surface area (Å²) in [6, 6.07) is 4.70. The zero-order chi connectivity index (χ0) is 13.5. The lowest BCUT2D eigenvalue weighted by atomic mass is 10.1. The summed E-state index contributed by atoms with van der Waals surface area (Å²) >= 11 is 0. The molecule has 0 aliphatic carbocycles. The fourth-order valence-corrected chi connectivity index (χ4v) is 1.46. The Balaban J connectivity index is 2.53. The smallest absolute Gasteiger partial charge is 0.335 e. The number of aliphatic hydroxyl groups excluding tert-OH is 1. The summed E-state index contributed by atoms with van der Waals surface area (Å²) in [5.41, 5.74) is 0.872. The summed E-state index contributed by atoms with van der Waals surface area (Å²) in [4.78, 5) is 10.8. The summed E-state index contributed by atoms with van der Waals surface area (Å²) in [5.74, 6) is -0.427. The number of carboxylic acids is 1. The van der Waals surface area contributed by atoms with Crippen molar-refractivity contribution in [3.8, 4) is 5.75 Å². The number of rotatable bonds is 7. The van der Waals surface area contributed by atoms with Gasteiger partial charge in [-0.15, -0.1) is 0 Å². The Hall–Kier alpha value is -1.59. The first-order valence-corrected chi connectivity index (χ1v) is 5.77. The minimum Gasteiger partial charge on any atom is -0.491 e. The standard InChI is InChI=1S/C13H18O5/c1-3-17-7-10(14)8-18-11-4-5-12(13(15)16)9(2)6-11/h4-6,10,14H,3,7-8H2,1-2H3,(H,15,16). The molecule has 18 heavy (non-hydrogen) atoms. The third-order valence-electron chi connectivity index (χ3n) is 2.39. The van der Waals surface area contributed by atoms with Crippen LogP contribution in [-0.4, -0.2) is 42.1 Å². The number of aryl methyl sites for hydroxylation is 1. The van der Waals surface area contributed by atoms with Crippen LogP contribution in [-0.2, 0) is 4.74 Å². The number of aromatic carboxylic acids is 1. The molecule has 1 rings (SSSR count). The zero-order valence-corrected chi connectivity index (χ0v) is 10.5. The molecular formula is C13H18O5. The van der Waals surface area contributed by atoms with E-state index in [1.807, 2.05) is 6.92 Å². The molecule has 100 valence electrons. The van der Waals surface area contributed by atoms with Crippen molar-refractivity contribution in [2.45, 2.75) is 20.0 Å². The molecule has 0 heterocycles. The van der Waals surface area contributed by atoms with Crippen molar-refractivity contribution in [2.24, 2.45) is 0 Å². The van der Waals surface area contributed by atoms with Gasteiger partial charge in [0.25, 0.3) is 0 Å². The molecule has 5 heteroatoms. The van der Waals surface area contributed by atoms with Gasteiger partial charge in [0, 0.05) is 6.61 Å². The molecule has 1 aromatic rings. The summed E-state index contributed by atoms with van der Waals surface area (Å²) in [6.45, 7) is 4.44. The van der Waals surface area contributed by atoms with E-state index in [0.717, 1.165) is 0 Å². The lowest BCUT2D eigenvalue weighted by Gasteiger charge is -2.13. The maximum absolute atomic E-state index is 10.8. The van der Waals surface area contributed by atoms with Gasteiger partial charge in [-0.1, -0.05) is 0 Å². The first kappa shape index (κ1) is 14.5. The van der Waals surface area contributed by atoms with Crippen molar-refractivity contribution in [3.05, 3.63) is 29.3 Å². The topological polar surface area (TPSA) is 76.0 Å². The summed E-state index contributed by atoms with van der Waals surface area (Å²) in [5, 5.41) is 18.4. The van der Waals surface area contributed by atoms with Crippen LogP contribution in [0.3, 0.4) is 0 Å². The van der Waals surface area contributed by atoms with Crippen LogP contribution in [0.2, 0.25) is 0 Å². The Labute approximate surface area is 106 Å². The molecule has 0 spiro atoms. The van der Waals surface area contributed by atoms with E-state index in [2.05, 4.69) is 0 Å². The van der Waals surface area contributed by atoms with Crippen molar-refractivity contribution in [3.63, 3.8) is 0 Å². The van der Waals surface area contributed by atoms with Gasteiger partial charge in [-0.05, 0) is 37.6 Å². The van der Waals surface area contributed by atoms with Crippen LogP contribution in [0, 0.1) is 6.92 Å². The Bertz CT molecular complexity index is 402. The highest BCUT2D eigenvalue weighted by molar-refractivity contribution is 5.89. The second-order valence-corrected chi connectivity index (χ2v) is 3.91. The van der Waals surface area contributed by atoms with E-state index in [1.54, 1.807) is 19.1 Å². The van der Waals surface area contributed by atoms with Crippen LogP contribution in [0.15, 0.2) is 18.2 Å². The molecule has 1 atom stereocenters. The second kappa shape index (κ2) is 6.98. The fraction of sp³-hybridized carbons (Fsp3) is 0.462. The van der Waals surface area contributed by atoms with Crippen LogP contribution in [0.5, 0.6) is 5.75 Å². The lowest BCUT2D eigenvalue weighted by molar-refractivity contribution is 0.0164. The first-order chi connectivity index (χ1) is 8.54. The number of aliphatic hydroxyl groups is 1. The molecule has 0 saturated heterocycles. The molecule has 1 aromatic carbocycles. The number of benzene rings is 1. The van der Waals surface area contributed by atoms with E-state index in [0.29, 0.717) is 17.9 Å². The minimum atomic E-state index is -0.963. The highest BCUT2D eigenvalue weighted by Crippen LogP contribution is 2.17. The van der Waals surface area contributed by atoms with Gasteiger partial charge in [0.1, 0.15) is 18.5 Å². The van der Waals surface area contributed by atoms with Crippen molar-refractivity contribution in [2.75, 3.05) is 19.8 Å². The summed E-state index contributed by atoms with van der Waals surface area (Å²) in [6.07, 6.45) is -0.690. The van der Waals surface area contributed by atoms with Crippen LogP contribution >= 0.6 is 0 Å². The maximum atomic E-state index is 10.8. The Kier molecular flexibility index (Phi) is 5.61. The summed E-state index contributed by atoms with van der Waals surface area (Å²) < 4.78 is 10.4. The van der Waals surface area contributed by atoms with Gasteiger partial charge >= 0.3 is 5.97 Å². The van der Waals surface area contributed by atoms with Gasteiger partial charge in [0.2, 0.25) is 0 Å². The molecular weight excluding hydrogens is 236 g/mol. The molecule has 0 aliphatic heterocycles. The molecule has 5 nitrogen and oxygen atoms in total. The molecule has 2 N–H and O–H groups in total. The zero-order valence-electron chi connectivity index (χ0n) is 10.5. The Morgan fingerprint density at radius 3 is 2.67 bits per heavy atom. The monoisotopic (exact) mass is 254 g/mol. The number of carbonyl (C=O) groups is 1. The van der Waals surface area contributed by atoms with Gasteiger partial charge < -0.3 is 19.7 Å². The van der Waals surface area contributed by atoms with Gasteiger partial charge in [-0.25, -0.2) is 4.79 Å². The van der Waals surface area contributed by atoms with Crippen LogP contribution in [0.1, 0.15) is 22.8 Å². The normalized spacial score (nSPS) is 12.2. The molecule has 1 unspecified atom stereocenters. The molecule has 0 bridgehead atoms. The van der Waals surface area contributed by atoms with Gasteiger partial charge in [-0.3, -0.25) is 0 Å². The molecule has 0 aliphatic rings. The van der Waals surface area contributed by atoms with Crippen molar-refractivity contribution >= 4 is 5.97 Å². The van der Waals surface area contributed by atoms with Crippen molar-refractivity contribution in [1.29, 1.82) is 0 Å². The van der Waals surface area contributed by atoms with Crippen molar-refractivity contribution in [1.82, 2.24) is 0 Å². The average Bonchev–Trinajstić information content (AvgIpc) is 2.33. The SMILES string of the molecule is CCOCC(O)COc1ccc(C(=O)O)c(C)c1. The average molecular weight is 254 g/mol. The number of hydrogen-bond acceptors (Lipinski definition) is 4. The largest absolute Gasteiger partial charge is 0.491 e. The molecule has 0 saturated carbocycles. The third kappa shape index (κ3) is 4.35. The predicted molar refractivity (Wildman–Crippen MR) is 66.1 cm³/mol. The predicted octanol–water partition coefficient (Wildman–Crippen LogP) is 1.47. The second-order valence-electron chi connectivity index (χ2n) is 3.91. The number of carboxylic acid groups (broad SMARTS) is 1. The van der Waals surface area contributed by atoms with Crippen LogP contribution < -0.4 is 4.74 Å². The Morgan fingerprint density at radius 2 is 2.11 bits per heavy atom. The molecule has 0 fully saturated rings. The lowest BCUT2D eigenvalue weighted by Crippen LogP contribution is -2.23. The maximum Gasteiger partial charge on any atom is 0.335 e. The van der Waals surface area contributed by atoms with E-state index >= 15 is 0 Å². The van der Waals surface area contributed by atoms with Crippen LogP contribution in [0.4, 0.5) is 0 Å². The summed E-state index contributed by atoms with van der Waals surface area (Å²) in [7, 11) is 0. The molecule has 0 aromatic heterocycles. The third-order valence-corrected chi connectivity index (χ3v) is 2.39. The number of ether oxygens (including phenoxy) is 2. The van der Waals surface area contributed by atoms with E-state index < -0.39 is 12.1 Å². The van der Waals surface area contributed by atoms with Gasteiger partial charge in [0.05, 0.1) is 12.2 Å². The van der Waals surface area contributed by atoms with E-state index in [4.69, 9.17) is 14.6 Å². The quantitative estimate of drug-likeness (QED) is 0.770. The Morgan fingerprint density at radius 1 is 1.39 bits per heavy atom. The van der Waals surface area contributed by atoms with E-state index in [9.17, 15) is 9.90 Å². The first-order valence-electron chi connectivity index (χ1n) is 5.77. The van der Waals surface area contributed by atoms with E-state index in [-0.39, 0.29) is 18.8 Å².